The second-order valence-corrected chi connectivity index (χ2v) is 5.35. The molecule has 4 nitrogen and oxygen atoms in total. The first kappa shape index (κ1) is 14.0. The minimum atomic E-state index is -0.329. The maximum absolute atomic E-state index is 10.8. The molecule has 1 atom stereocenters. The van der Waals surface area contributed by atoms with Gasteiger partial charge in [0.1, 0.15) is 0 Å². The largest absolute Gasteiger partial charge is 0.310 e. The highest BCUT2D eigenvalue weighted by molar-refractivity contribution is 5.35. The van der Waals surface area contributed by atoms with Crippen LogP contribution in [0.25, 0.3) is 0 Å². The molecule has 19 heavy (non-hydrogen) atoms. The van der Waals surface area contributed by atoms with Crippen molar-refractivity contribution >= 4 is 5.69 Å². The van der Waals surface area contributed by atoms with Crippen LogP contribution in [-0.2, 0) is 0 Å². The Hall–Kier alpha value is -1.42. The Morgan fingerprint density at radius 2 is 2.26 bits per heavy atom. The van der Waals surface area contributed by atoms with Crippen LogP contribution < -0.4 is 5.32 Å². The zero-order chi connectivity index (χ0) is 13.7. The first-order valence-electron chi connectivity index (χ1n) is 7.18. The molecule has 104 valence electrons. The maximum atomic E-state index is 10.8. The van der Waals surface area contributed by atoms with Gasteiger partial charge in [-0.05, 0) is 30.9 Å². The lowest BCUT2D eigenvalue weighted by molar-refractivity contribution is -0.384. The fourth-order valence-corrected chi connectivity index (χ4v) is 2.60. The Kier molecular flexibility index (Phi) is 4.91. The van der Waals surface area contributed by atoms with E-state index in [0.717, 1.165) is 24.4 Å². The molecule has 1 fully saturated rings. The van der Waals surface area contributed by atoms with Crippen LogP contribution in [-0.4, -0.2) is 11.5 Å². The van der Waals surface area contributed by atoms with E-state index < -0.39 is 0 Å². The number of nitrogens with one attached hydrogen (secondary N) is 1. The number of benzene rings is 1. The van der Waals surface area contributed by atoms with Crippen LogP contribution in [0.5, 0.6) is 0 Å². The molecule has 0 saturated heterocycles. The van der Waals surface area contributed by atoms with Crippen molar-refractivity contribution in [2.45, 2.75) is 45.1 Å². The van der Waals surface area contributed by atoms with Gasteiger partial charge in [-0.3, -0.25) is 10.1 Å². The number of non-ortho nitro benzene ring substituents is 1. The van der Waals surface area contributed by atoms with Gasteiger partial charge in [0, 0.05) is 18.2 Å². The molecule has 1 aromatic carbocycles. The predicted octanol–water partition coefficient (Wildman–Crippen LogP) is 3.83. The molecule has 0 amide bonds. The van der Waals surface area contributed by atoms with Gasteiger partial charge >= 0.3 is 0 Å². The van der Waals surface area contributed by atoms with Crippen molar-refractivity contribution in [2.75, 3.05) is 6.54 Å². The highest BCUT2D eigenvalue weighted by Crippen LogP contribution is 2.29. The molecule has 1 aliphatic carbocycles. The van der Waals surface area contributed by atoms with Gasteiger partial charge in [-0.1, -0.05) is 38.3 Å². The van der Waals surface area contributed by atoms with E-state index in [-0.39, 0.29) is 16.7 Å². The van der Waals surface area contributed by atoms with Crippen molar-refractivity contribution < 1.29 is 4.92 Å². The highest BCUT2D eigenvalue weighted by Gasteiger charge is 2.18. The Balaban J connectivity index is 1.91. The maximum Gasteiger partial charge on any atom is 0.269 e. The summed E-state index contributed by atoms with van der Waals surface area (Å²) in [5.41, 5.74) is 1.20. The molecule has 0 aromatic heterocycles. The number of nitrogens with zero attached hydrogens (tertiary/aromatic N) is 1. The molecular formula is C15H22N2O2. The Labute approximate surface area is 114 Å². The number of hydrogen-bond donors (Lipinski definition) is 1. The van der Waals surface area contributed by atoms with Crippen LogP contribution in [0.3, 0.4) is 0 Å². The molecule has 1 aromatic rings. The summed E-state index contributed by atoms with van der Waals surface area (Å²) in [6.07, 6.45) is 6.30. The molecule has 1 unspecified atom stereocenters. The average molecular weight is 262 g/mol. The van der Waals surface area contributed by atoms with Crippen LogP contribution in [0.15, 0.2) is 24.3 Å². The molecule has 2 rings (SSSR count). The summed E-state index contributed by atoms with van der Waals surface area (Å²) in [6, 6.07) is 7.19. The van der Waals surface area contributed by atoms with E-state index in [1.165, 1.54) is 25.7 Å². The van der Waals surface area contributed by atoms with Gasteiger partial charge < -0.3 is 5.32 Å². The number of rotatable bonds is 7. The van der Waals surface area contributed by atoms with Crippen molar-refractivity contribution in [3.63, 3.8) is 0 Å². The van der Waals surface area contributed by atoms with Crippen molar-refractivity contribution in [2.24, 2.45) is 5.92 Å². The Morgan fingerprint density at radius 1 is 1.47 bits per heavy atom. The van der Waals surface area contributed by atoms with Crippen LogP contribution >= 0.6 is 0 Å². The van der Waals surface area contributed by atoms with E-state index in [2.05, 4.69) is 12.2 Å². The zero-order valence-corrected chi connectivity index (χ0v) is 11.5. The summed E-state index contributed by atoms with van der Waals surface area (Å²) in [5.74, 6) is 0.898. The van der Waals surface area contributed by atoms with Crippen LogP contribution in [0.2, 0.25) is 0 Å². The molecule has 1 N–H and O–H groups in total. The van der Waals surface area contributed by atoms with E-state index in [1.54, 1.807) is 18.2 Å². The van der Waals surface area contributed by atoms with E-state index in [4.69, 9.17) is 0 Å². The van der Waals surface area contributed by atoms with Crippen LogP contribution in [0.4, 0.5) is 5.69 Å². The summed E-state index contributed by atoms with van der Waals surface area (Å²) in [7, 11) is 0. The lowest BCUT2D eigenvalue weighted by Crippen LogP contribution is -2.25. The Bertz CT molecular complexity index is 430. The van der Waals surface area contributed by atoms with Crippen LogP contribution in [0.1, 0.15) is 50.6 Å². The first-order chi connectivity index (χ1) is 9.20. The SMILES string of the molecule is CCC(NCCC1CCC1)c1cccc([N+](=O)[O-])c1. The molecule has 0 radical (unpaired) electrons. The van der Waals surface area contributed by atoms with E-state index in [9.17, 15) is 10.1 Å². The minimum absolute atomic E-state index is 0.178. The van der Waals surface area contributed by atoms with Gasteiger partial charge in [-0.2, -0.15) is 0 Å². The molecule has 0 spiro atoms. The Morgan fingerprint density at radius 3 is 2.84 bits per heavy atom. The average Bonchev–Trinajstić information content (AvgIpc) is 2.37. The molecular weight excluding hydrogens is 240 g/mol. The third kappa shape index (κ3) is 3.77. The number of nitro groups is 1. The van der Waals surface area contributed by atoms with Crippen molar-refractivity contribution in [1.29, 1.82) is 0 Å². The second-order valence-electron chi connectivity index (χ2n) is 5.35. The summed E-state index contributed by atoms with van der Waals surface area (Å²) < 4.78 is 0. The summed E-state index contributed by atoms with van der Waals surface area (Å²) in [6.45, 7) is 3.12. The molecule has 4 heteroatoms. The zero-order valence-electron chi connectivity index (χ0n) is 11.5. The number of nitro benzene ring substituents is 1. The van der Waals surface area contributed by atoms with Crippen molar-refractivity contribution in [1.82, 2.24) is 5.32 Å². The normalized spacial score (nSPS) is 16.9. The number of hydrogen-bond acceptors (Lipinski definition) is 3. The summed E-state index contributed by atoms with van der Waals surface area (Å²) in [5, 5.41) is 14.3. The fourth-order valence-electron chi connectivity index (χ4n) is 2.60. The van der Waals surface area contributed by atoms with Gasteiger partial charge in [0.05, 0.1) is 4.92 Å². The molecule has 1 aliphatic rings. The predicted molar refractivity (Wildman–Crippen MR) is 76.1 cm³/mol. The third-order valence-electron chi connectivity index (χ3n) is 4.06. The minimum Gasteiger partial charge on any atom is -0.310 e. The van der Waals surface area contributed by atoms with Crippen molar-refractivity contribution in [3.8, 4) is 0 Å². The monoisotopic (exact) mass is 262 g/mol. The molecule has 0 heterocycles. The molecule has 0 aliphatic heterocycles. The van der Waals surface area contributed by atoms with E-state index in [0.29, 0.717) is 0 Å². The topological polar surface area (TPSA) is 55.2 Å². The standard InChI is InChI=1S/C15H22N2O2/c1-2-15(16-10-9-12-5-3-6-12)13-7-4-8-14(11-13)17(18)19/h4,7-8,11-12,15-16H,2-3,5-6,9-10H2,1H3. The molecule has 0 bridgehead atoms. The van der Waals surface area contributed by atoms with Crippen molar-refractivity contribution in [3.05, 3.63) is 39.9 Å². The van der Waals surface area contributed by atoms with E-state index >= 15 is 0 Å². The van der Waals surface area contributed by atoms with Gasteiger partial charge in [0.15, 0.2) is 0 Å². The first-order valence-corrected chi connectivity index (χ1v) is 7.18. The second kappa shape index (κ2) is 6.66. The van der Waals surface area contributed by atoms with Gasteiger partial charge in [-0.25, -0.2) is 0 Å². The van der Waals surface area contributed by atoms with Gasteiger partial charge in [0.2, 0.25) is 0 Å². The summed E-state index contributed by atoms with van der Waals surface area (Å²) >= 11 is 0. The smallest absolute Gasteiger partial charge is 0.269 e. The van der Waals surface area contributed by atoms with Crippen LogP contribution in [0, 0.1) is 16.0 Å². The lowest BCUT2D eigenvalue weighted by Gasteiger charge is -2.26. The third-order valence-corrected chi connectivity index (χ3v) is 4.06. The summed E-state index contributed by atoms with van der Waals surface area (Å²) in [4.78, 5) is 10.5. The lowest BCUT2D eigenvalue weighted by atomic mass is 9.83. The quantitative estimate of drug-likeness (QED) is 0.600. The fraction of sp³-hybridized carbons (Fsp3) is 0.600. The molecule has 1 saturated carbocycles. The van der Waals surface area contributed by atoms with Gasteiger partial charge in [0.25, 0.3) is 5.69 Å². The van der Waals surface area contributed by atoms with E-state index in [1.807, 2.05) is 6.07 Å². The van der Waals surface area contributed by atoms with Gasteiger partial charge in [-0.15, -0.1) is 0 Å². The highest BCUT2D eigenvalue weighted by atomic mass is 16.6.